The lowest BCUT2D eigenvalue weighted by Crippen LogP contribution is -2.05. The van der Waals surface area contributed by atoms with Gasteiger partial charge in [0.2, 0.25) is 0 Å². The Labute approximate surface area is 154 Å². The van der Waals surface area contributed by atoms with Crippen LogP contribution in [-0.4, -0.2) is 0 Å². The van der Waals surface area contributed by atoms with Gasteiger partial charge in [0.1, 0.15) is 11.3 Å². The topological polar surface area (TPSA) is 26.3 Å². The summed E-state index contributed by atoms with van der Waals surface area (Å²) in [7, 11) is -1.50. The molecule has 132 valence electrons. The van der Waals surface area contributed by atoms with Crippen molar-refractivity contribution in [3.63, 3.8) is 0 Å². The van der Waals surface area contributed by atoms with Gasteiger partial charge in [-0.05, 0) is 87.1 Å². The van der Waals surface area contributed by atoms with Gasteiger partial charge in [-0.15, -0.1) is 0 Å². The highest BCUT2D eigenvalue weighted by Gasteiger charge is 2.23. The van der Waals surface area contributed by atoms with Crippen LogP contribution < -0.4 is 0 Å². The van der Waals surface area contributed by atoms with Crippen molar-refractivity contribution in [3.05, 3.63) is 46.7 Å². The summed E-state index contributed by atoms with van der Waals surface area (Å²) in [6, 6.07) is 4.30. The largest absolute Gasteiger partial charge is 0.408 e. The number of aryl methyl sites for hydroxylation is 2. The molecule has 0 aliphatic heterocycles. The maximum absolute atomic E-state index is 6.37. The van der Waals surface area contributed by atoms with Gasteiger partial charge in [-0.3, -0.25) is 0 Å². The highest BCUT2D eigenvalue weighted by atomic mass is 35.7. The van der Waals surface area contributed by atoms with E-state index in [-0.39, 0.29) is 0 Å². The maximum atomic E-state index is 6.37. The Balaban J connectivity index is 2.18. The number of allylic oxidation sites excluding steroid dienone is 2. The van der Waals surface area contributed by atoms with Crippen molar-refractivity contribution in [3.8, 4) is 0 Å². The average molecular weight is 375 g/mol. The van der Waals surface area contributed by atoms with E-state index in [1.165, 1.54) is 58.9 Å². The van der Waals surface area contributed by atoms with E-state index in [0.29, 0.717) is 0 Å². The van der Waals surface area contributed by atoms with Crippen LogP contribution in [0.15, 0.2) is 32.7 Å². The summed E-state index contributed by atoms with van der Waals surface area (Å²) in [4.78, 5) is 0. The van der Waals surface area contributed by atoms with Gasteiger partial charge in [0.25, 0.3) is 0 Å². The minimum Gasteiger partial charge on any atom is -0.408 e. The molecule has 1 atom stereocenters. The molecular weight excluding hydrogens is 351 g/mol. The molecule has 2 nitrogen and oxygen atoms in total. The molecule has 0 fully saturated rings. The van der Waals surface area contributed by atoms with Crippen LogP contribution >= 0.6 is 18.6 Å². The monoisotopic (exact) mass is 374 g/mol. The van der Waals surface area contributed by atoms with Crippen molar-refractivity contribution < 1.29 is 8.39 Å². The number of fused-ring (bicyclic) bond motifs is 3. The quantitative estimate of drug-likeness (QED) is 0.532. The van der Waals surface area contributed by atoms with E-state index < -0.39 is 7.37 Å². The van der Waals surface area contributed by atoms with Gasteiger partial charge in [-0.25, -0.2) is 0 Å². The van der Waals surface area contributed by atoms with Gasteiger partial charge in [0.15, 0.2) is 0 Å². The average Bonchev–Trinajstić information content (AvgIpc) is 2.77. The zero-order chi connectivity index (χ0) is 17.4. The first-order valence-corrected chi connectivity index (χ1v) is 11.3. The van der Waals surface area contributed by atoms with Crippen LogP contribution in [0.4, 0.5) is 0 Å². The van der Waals surface area contributed by atoms with Crippen LogP contribution in [0.2, 0.25) is 0 Å². The zero-order valence-corrected chi connectivity index (χ0v) is 16.4. The lowest BCUT2D eigenvalue weighted by molar-refractivity contribution is 0.614. The molecule has 2 aliphatic carbocycles. The SMILES string of the molecule is C=Cc1op(Cl)oc2ccc3c(c2c1C1=C(C)CCCC1)CCCC3. The lowest BCUT2D eigenvalue weighted by Gasteiger charge is -2.22. The summed E-state index contributed by atoms with van der Waals surface area (Å²) in [6.07, 6.45) is 11.3. The summed E-state index contributed by atoms with van der Waals surface area (Å²) >= 11 is 6.37. The molecule has 4 rings (SSSR count). The molecule has 0 saturated carbocycles. The molecule has 2 aromatic rings. The van der Waals surface area contributed by atoms with Crippen molar-refractivity contribution in [1.29, 1.82) is 0 Å². The van der Waals surface area contributed by atoms with Crippen LogP contribution in [0.3, 0.4) is 0 Å². The van der Waals surface area contributed by atoms with E-state index in [1.54, 1.807) is 0 Å². The van der Waals surface area contributed by atoms with Crippen LogP contribution in [0.25, 0.3) is 22.6 Å². The molecule has 1 aromatic carbocycles. The number of halogens is 1. The lowest BCUT2D eigenvalue weighted by atomic mass is 9.82. The van der Waals surface area contributed by atoms with Gasteiger partial charge in [-0.1, -0.05) is 18.2 Å². The predicted octanol–water partition coefficient (Wildman–Crippen LogP) is 8.01. The Morgan fingerprint density at radius 1 is 1.04 bits per heavy atom. The molecule has 2 aliphatic rings. The Morgan fingerprint density at radius 3 is 2.60 bits per heavy atom. The number of hydrogen-bond donors (Lipinski definition) is 0. The Kier molecular flexibility index (Phi) is 4.84. The van der Waals surface area contributed by atoms with Crippen molar-refractivity contribution in [2.75, 3.05) is 0 Å². The number of rotatable bonds is 2. The third-order valence-electron chi connectivity index (χ3n) is 5.56. The second-order valence-electron chi connectivity index (χ2n) is 7.09. The minimum absolute atomic E-state index is 0.787. The third-order valence-corrected chi connectivity index (χ3v) is 6.66. The van der Waals surface area contributed by atoms with Crippen LogP contribution in [0.5, 0.6) is 0 Å². The van der Waals surface area contributed by atoms with E-state index in [9.17, 15) is 0 Å². The molecule has 1 heterocycles. The van der Waals surface area contributed by atoms with Gasteiger partial charge in [-0.2, -0.15) is 0 Å². The fourth-order valence-corrected chi connectivity index (χ4v) is 5.44. The Morgan fingerprint density at radius 2 is 1.80 bits per heavy atom. The summed E-state index contributed by atoms with van der Waals surface area (Å²) in [6.45, 7) is 6.26. The van der Waals surface area contributed by atoms with E-state index in [4.69, 9.17) is 19.6 Å². The molecule has 1 aromatic heterocycles. The molecule has 25 heavy (non-hydrogen) atoms. The Bertz CT molecular complexity index is 908. The summed E-state index contributed by atoms with van der Waals surface area (Å²) in [5.74, 6) is 0.787. The maximum Gasteiger partial charge on any atom is 0.327 e. The summed E-state index contributed by atoms with van der Waals surface area (Å²) in [5, 5.41) is 1.22. The molecule has 1 unspecified atom stereocenters. The normalized spacial score (nSPS) is 18.2. The fourth-order valence-electron chi connectivity index (χ4n) is 4.33. The third kappa shape index (κ3) is 3.11. The van der Waals surface area contributed by atoms with Gasteiger partial charge in [0, 0.05) is 22.2 Å². The number of benzene rings is 1. The smallest absolute Gasteiger partial charge is 0.327 e. The molecule has 0 spiro atoms. The van der Waals surface area contributed by atoms with Crippen molar-refractivity contribution in [2.45, 2.75) is 58.3 Å². The highest BCUT2D eigenvalue weighted by molar-refractivity contribution is 7.68. The molecule has 4 heteroatoms. The van der Waals surface area contributed by atoms with E-state index in [1.807, 2.05) is 6.08 Å². The zero-order valence-electron chi connectivity index (χ0n) is 14.7. The standard InChI is InChI=1S/C21H24ClO2P/c1-3-18-20(16-10-6-4-8-14(16)2)21-17-11-7-5-9-15(17)12-13-19(21)24-25(22)23-18/h3,12-13H,1,4-11H2,2H3. The van der Waals surface area contributed by atoms with Crippen molar-refractivity contribution in [2.24, 2.45) is 0 Å². The molecular formula is C21H24ClO2P. The fraction of sp³-hybridized carbons (Fsp3) is 0.429. The first-order chi connectivity index (χ1) is 12.2. The molecule has 0 N–H and O–H groups in total. The van der Waals surface area contributed by atoms with E-state index in [0.717, 1.165) is 37.0 Å². The highest BCUT2D eigenvalue weighted by Crippen LogP contribution is 2.45. The van der Waals surface area contributed by atoms with Crippen LogP contribution in [0.1, 0.15) is 67.9 Å². The second kappa shape index (κ2) is 7.09. The Hall–Kier alpha value is -1.37. The summed E-state index contributed by atoms with van der Waals surface area (Å²) in [5.41, 5.74) is 7.81. The van der Waals surface area contributed by atoms with Gasteiger partial charge < -0.3 is 8.39 Å². The molecule has 0 saturated heterocycles. The van der Waals surface area contributed by atoms with E-state index in [2.05, 4.69) is 25.6 Å². The van der Waals surface area contributed by atoms with E-state index >= 15 is 0 Å². The van der Waals surface area contributed by atoms with Gasteiger partial charge in [0.05, 0.1) is 0 Å². The minimum atomic E-state index is -1.50. The predicted molar refractivity (Wildman–Crippen MR) is 108 cm³/mol. The van der Waals surface area contributed by atoms with Gasteiger partial charge >= 0.3 is 7.37 Å². The first kappa shape index (κ1) is 17.1. The second-order valence-corrected chi connectivity index (χ2v) is 8.71. The van der Waals surface area contributed by atoms with Crippen LogP contribution in [0, 0.1) is 0 Å². The van der Waals surface area contributed by atoms with Crippen molar-refractivity contribution >= 4 is 41.2 Å². The molecule has 0 bridgehead atoms. The first-order valence-electron chi connectivity index (χ1n) is 9.21. The van der Waals surface area contributed by atoms with Crippen molar-refractivity contribution in [1.82, 2.24) is 0 Å². The molecule has 0 radical (unpaired) electrons. The summed E-state index contributed by atoms with van der Waals surface area (Å²) < 4.78 is 12.0. The number of hydrogen-bond acceptors (Lipinski definition) is 2. The van der Waals surface area contributed by atoms with Crippen LogP contribution in [-0.2, 0) is 12.8 Å². The molecule has 0 amide bonds.